The fourth-order valence-corrected chi connectivity index (χ4v) is 2.51. The lowest BCUT2D eigenvalue weighted by Crippen LogP contribution is -2.32. The van der Waals surface area contributed by atoms with Crippen molar-refractivity contribution in [2.24, 2.45) is 16.7 Å². The van der Waals surface area contributed by atoms with Gasteiger partial charge < -0.3 is 5.11 Å². The average Bonchev–Trinajstić information content (AvgIpc) is 2.04. The van der Waals surface area contributed by atoms with Gasteiger partial charge in [0.1, 0.15) is 5.76 Å². The Morgan fingerprint density at radius 1 is 1.06 bits per heavy atom. The van der Waals surface area contributed by atoms with Crippen LogP contribution in [-0.2, 0) is 0 Å². The number of aliphatic hydroxyl groups excluding tert-OH is 1. The van der Waals surface area contributed by atoms with Crippen molar-refractivity contribution < 1.29 is 5.11 Å². The zero-order valence-corrected chi connectivity index (χ0v) is 11.4. The Kier molecular flexibility index (Phi) is 3.11. The first kappa shape index (κ1) is 13.1. The van der Waals surface area contributed by atoms with E-state index in [0.29, 0.717) is 5.76 Å². The predicted octanol–water partition coefficient (Wildman–Crippen LogP) is 4.63. The number of rotatable bonds is 0. The first-order valence-electron chi connectivity index (χ1n) is 5.85. The molecule has 0 aromatic heterocycles. The van der Waals surface area contributed by atoms with E-state index >= 15 is 0 Å². The highest BCUT2D eigenvalue weighted by Crippen LogP contribution is 2.47. The minimum atomic E-state index is -0.0320. The molecule has 1 aliphatic rings. The molecular formula is C15H24O. The number of hydrogen-bond acceptors (Lipinski definition) is 1. The lowest BCUT2D eigenvalue weighted by molar-refractivity contribution is 0.258. The van der Waals surface area contributed by atoms with Crippen LogP contribution < -0.4 is 0 Å². The molecule has 1 aliphatic carbocycles. The Bertz CT molecular complexity index is 356. The standard InChI is InChI=1S/C15H24O/c1-10-8-9-11(16)13(15(5,6)7)12(10)14(2,3)4/h8-9,12,16H,1H2,2-7H3. The van der Waals surface area contributed by atoms with Gasteiger partial charge in [0.2, 0.25) is 0 Å². The van der Waals surface area contributed by atoms with E-state index < -0.39 is 0 Å². The van der Waals surface area contributed by atoms with Crippen LogP contribution in [0.15, 0.2) is 35.6 Å². The van der Waals surface area contributed by atoms with Crippen molar-refractivity contribution in [2.75, 3.05) is 0 Å². The minimum absolute atomic E-state index is 0.0320. The maximum Gasteiger partial charge on any atom is 0.115 e. The molecule has 1 rings (SSSR count). The molecule has 1 atom stereocenters. The zero-order chi connectivity index (χ0) is 12.7. The summed E-state index contributed by atoms with van der Waals surface area (Å²) in [6.45, 7) is 17.1. The molecule has 1 unspecified atom stereocenters. The summed E-state index contributed by atoms with van der Waals surface area (Å²) in [6.07, 6.45) is 3.70. The lowest BCUT2D eigenvalue weighted by Gasteiger charge is -2.41. The van der Waals surface area contributed by atoms with Gasteiger partial charge in [-0.2, -0.15) is 0 Å². The van der Waals surface area contributed by atoms with E-state index in [4.69, 9.17) is 0 Å². The first-order chi connectivity index (χ1) is 7.05. The van der Waals surface area contributed by atoms with E-state index in [-0.39, 0.29) is 16.7 Å². The highest BCUT2D eigenvalue weighted by Gasteiger charge is 2.38. The smallest absolute Gasteiger partial charge is 0.115 e. The van der Waals surface area contributed by atoms with Crippen molar-refractivity contribution in [3.8, 4) is 0 Å². The van der Waals surface area contributed by atoms with Crippen LogP contribution in [0.25, 0.3) is 0 Å². The molecule has 0 aromatic rings. The van der Waals surface area contributed by atoms with Crippen LogP contribution in [0.3, 0.4) is 0 Å². The SMILES string of the molecule is C=C1C=CC(O)=C(C(C)(C)C)C1C(C)(C)C. The average molecular weight is 220 g/mol. The highest BCUT2D eigenvalue weighted by atomic mass is 16.3. The van der Waals surface area contributed by atoms with Crippen molar-refractivity contribution >= 4 is 0 Å². The van der Waals surface area contributed by atoms with E-state index in [9.17, 15) is 5.11 Å². The summed E-state index contributed by atoms with van der Waals surface area (Å²) in [4.78, 5) is 0. The van der Waals surface area contributed by atoms with Crippen molar-refractivity contribution in [2.45, 2.75) is 41.5 Å². The van der Waals surface area contributed by atoms with E-state index in [1.165, 1.54) is 0 Å². The molecule has 0 fully saturated rings. The van der Waals surface area contributed by atoms with Gasteiger partial charge in [-0.3, -0.25) is 0 Å². The van der Waals surface area contributed by atoms with E-state index in [0.717, 1.165) is 11.1 Å². The maximum absolute atomic E-state index is 10.1. The van der Waals surface area contributed by atoms with Crippen LogP contribution in [0.1, 0.15) is 41.5 Å². The molecule has 0 amide bonds. The third-order valence-electron chi connectivity index (χ3n) is 3.06. The van der Waals surface area contributed by atoms with E-state index in [2.05, 4.69) is 48.1 Å². The summed E-state index contributed by atoms with van der Waals surface area (Å²) >= 11 is 0. The quantitative estimate of drug-likeness (QED) is 0.631. The molecule has 16 heavy (non-hydrogen) atoms. The van der Waals surface area contributed by atoms with Gasteiger partial charge in [0, 0.05) is 5.92 Å². The molecular weight excluding hydrogens is 196 g/mol. The fourth-order valence-electron chi connectivity index (χ4n) is 2.51. The van der Waals surface area contributed by atoms with Gasteiger partial charge in [-0.25, -0.2) is 0 Å². The Labute approximate surface area is 99.6 Å². The van der Waals surface area contributed by atoms with Gasteiger partial charge >= 0.3 is 0 Å². The van der Waals surface area contributed by atoms with Gasteiger partial charge in [-0.15, -0.1) is 0 Å². The van der Waals surface area contributed by atoms with Gasteiger partial charge in [0.15, 0.2) is 0 Å². The van der Waals surface area contributed by atoms with Gasteiger partial charge in [0.25, 0.3) is 0 Å². The molecule has 1 heteroatoms. The van der Waals surface area contributed by atoms with Crippen LogP contribution in [-0.4, -0.2) is 5.11 Å². The molecule has 90 valence electrons. The molecule has 1 N–H and O–H groups in total. The van der Waals surface area contributed by atoms with Crippen LogP contribution in [0.5, 0.6) is 0 Å². The molecule has 0 aromatic carbocycles. The molecule has 0 bridgehead atoms. The van der Waals surface area contributed by atoms with Crippen LogP contribution in [0, 0.1) is 16.7 Å². The van der Waals surface area contributed by atoms with Crippen LogP contribution in [0.2, 0.25) is 0 Å². The van der Waals surface area contributed by atoms with E-state index in [1.54, 1.807) is 6.08 Å². The number of aliphatic hydroxyl groups is 1. The van der Waals surface area contributed by atoms with Gasteiger partial charge in [-0.05, 0) is 28.1 Å². The highest BCUT2D eigenvalue weighted by molar-refractivity contribution is 5.43. The lowest BCUT2D eigenvalue weighted by atomic mass is 9.63. The second kappa shape index (κ2) is 3.80. The minimum Gasteiger partial charge on any atom is -0.508 e. The third kappa shape index (κ3) is 2.40. The summed E-state index contributed by atoms with van der Waals surface area (Å²) in [5.41, 5.74) is 2.25. The second-order valence-corrected chi connectivity index (χ2v) is 6.76. The van der Waals surface area contributed by atoms with Crippen molar-refractivity contribution in [1.82, 2.24) is 0 Å². The Morgan fingerprint density at radius 3 is 1.88 bits per heavy atom. The second-order valence-electron chi connectivity index (χ2n) is 6.76. The molecule has 0 radical (unpaired) electrons. The Hall–Kier alpha value is -0.980. The normalized spacial score (nSPS) is 22.9. The van der Waals surface area contributed by atoms with Crippen molar-refractivity contribution in [1.29, 1.82) is 0 Å². The van der Waals surface area contributed by atoms with E-state index in [1.807, 2.05) is 6.08 Å². The summed E-state index contributed by atoms with van der Waals surface area (Å²) < 4.78 is 0. The predicted molar refractivity (Wildman–Crippen MR) is 70.3 cm³/mol. The first-order valence-corrected chi connectivity index (χ1v) is 5.85. The Morgan fingerprint density at radius 2 is 1.56 bits per heavy atom. The van der Waals surface area contributed by atoms with Crippen molar-refractivity contribution in [3.63, 3.8) is 0 Å². The van der Waals surface area contributed by atoms with Gasteiger partial charge in [0.05, 0.1) is 0 Å². The summed E-state index contributed by atoms with van der Waals surface area (Å²) in [5.74, 6) is 0.636. The molecule has 0 saturated carbocycles. The van der Waals surface area contributed by atoms with Crippen LogP contribution >= 0.6 is 0 Å². The fraction of sp³-hybridized carbons (Fsp3) is 0.600. The molecule has 0 heterocycles. The third-order valence-corrected chi connectivity index (χ3v) is 3.06. The number of hydrogen-bond donors (Lipinski definition) is 1. The summed E-state index contributed by atoms with van der Waals surface area (Å²) in [6, 6.07) is 0. The molecule has 0 spiro atoms. The summed E-state index contributed by atoms with van der Waals surface area (Å²) in [5, 5.41) is 10.1. The topological polar surface area (TPSA) is 20.2 Å². The van der Waals surface area contributed by atoms with Crippen molar-refractivity contribution in [3.05, 3.63) is 35.6 Å². The zero-order valence-electron chi connectivity index (χ0n) is 11.4. The summed E-state index contributed by atoms with van der Waals surface area (Å²) in [7, 11) is 0. The maximum atomic E-state index is 10.1. The molecule has 0 saturated heterocycles. The Balaban J connectivity index is 3.35. The monoisotopic (exact) mass is 220 g/mol. The molecule has 1 nitrogen and oxygen atoms in total. The van der Waals surface area contributed by atoms with Gasteiger partial charge in [-0.1, -0.05) is 54.2 Å². The largest absolute Gasteiger partial charge is 0.508 e. The number of allylic oxidation sites excluding steroid dienone is 4. The molecule has 0 aliphatic heterocycles. The van der Waals surface area contributed by atoms with Crippen LogP contribution in [0.4, 0.5) is 0 Å².